The van der Waals surface area contributed by atoms with Crippen molar-refractivity contribution in [3.05, 3.63) is 77.4 Å². The van der Waals surface area contributed by atoms with Crippen LogP contribution in [0.1, 0.15) is 54.5 Å². The SMILES string of the molecule is CCCCN1C(=S)N[C@@H](c2ccccn2)[C@@H]1c1cc(C)n(-c2ccc(N(C)C)cc2)c1C. The molecule has 0 saturated carbocycles. The molecule has 1 N–H and O–H groups in total. The van der Waals surface area contributed by atoms with E-state index in [1.807, 2.05) is 12.3 Å². The Bertz CT molecular complexity index is 1070. The molecule has 168 valence electrons. The zero-order chi connectivity index (χ0) is 22.8. The van der Waals surface area contributed by atoms with Crippen molar-refractivity contribution in [2.24, 2.45) is 0 Å². The largest absolute Gasteiger partial charge is 0.378 e. The lowest BCUT2D eigenvalue weighted by atomic mass is 9.96. The summed E-state index contributed by atoms with van der Waals surface area (Å²) < 4.78 is 2.35. The van der Waals surface area contributed by atoms with Crippen LogP contribution in [0.15, 0.2) is 54.7 Å². The number of hydrogen-bond donors (Lipinski definition) is 1. The molecule has 3 aromatic rings. The molecule has 0 unspecified atom stereocenters. The van der Waals surface area contributed by atoms with E-state index in [4.69, 9.17) is 12.2 Å². The summed E-state index contributed by atoms with van der Waals surface area (Å²) in [6.45, 7) is 7.57. The Morgan fingerprint density at radius 1 is 1.09 bits per heavy atom. The maximum atomic E-state index is 5.80. The van der Waals surface area contributed by atoms with Gasteiger partial charge in [-0.3, -0.25) is 4.98 Å². The number of hydrogen-bond acceptors (Lipinski definition) is 3. The molecule has 0 radical (unpaired) electrons. The third-order valence-electron chi connectivity index (χ3n) is 6.36. The van der Waals surface area contributed by atoms with Gasteiger partial charge in [-0.1, -0.05) is 19.4 Å². The highest BCUT2D eigenvalue weighted by Crippen LogP contribution is 2.41. The summed E-state index contributed by atoms with van der Waals surface area (Å²) in [7, 11) is 4.13. The Kier molecular flexibility index (Phi) is 6.51. The Balaban J connectivity index is 1.78. The molecule has 1 aromatic carbocycles. The number of aryl methyl sites for hydroxylation is 1. The first kappa shape index (κ1) is 22.3. The van der Waals surface area contributed by atoms with Gasteiger partial charge in [-0.25, -0.2) is 0 Å². The second-order valence-electron chi connectivity index (χ2n) is 8.75. The van der Waals surface area contributed by atoms with Gasteiger partial charge in [0.05, 0.1) is 17.8 Å². The number of nitrogens with zero attached hydrogens (tertiary/aromatic N) is 4. The number of anilines is 1. The summed E-state index contributed by atoms with van der Waals surface area (Å²) in [5.41, 5.74) is 7.18. The minimum Gasteiger partial charge on any atom is -0.378 e. The second-order valence-corrected chi connectivity index (χ2v) is 9.13. The van der Waals surface area contributed by atoms with Gasteiger partial charge in [-0.2, -0.15) is 0 Å². The van der Waals surface area contributed by atoms with Gasteiger partial charge < -0.3 is 19.7 Å². The highest BCUT2D eigenvalue weighted by atomic mass is 32.1. The summed E-state index contributed by atoms with van der Waals surface area (Å²) in [6, 6.07) is 17.3. The molecule has 4 rings (SSSR count). The fourth-order valence-electron chi connectivity index (χ4n) is 4.70. The predicted molar refractivity (Wildman–Crippen MR) is 137 cm³/mol. The van der Waals surface area contributed by atoms with Crippen molar-refractivity contribution in [1.29, 1.82) is 0 Å². The third kappa shape index (κ3) is 4.11. The number of pyridine rings is 1. The minimum atomic E-state index is 0.0330. The lowest BCUT2D eigenvalue weighted by Crippen LogP contribution is -2.30. The Morgan fingerprint density at radius 2 is 1.84 bits per heavy atom. The lowest BCUT2D eigenvalue weighted by molar-refractivity contribution is 0.312. The summed E-state index contributed by atoms with van der Waals surface area (Å²) >= 11 is 5.80. The fourth-order valence-corrected chi connectivity index (χ4v) is 5.03. The Morgan fingerprint density at radius 3 is 2.47 bits per heavy atom. The van der Waals surface area contributed by atoms with Gasteiger partial charge >= 0.3 is 0 Å². The van der Waals surface area contributed by atoms with E-state index in [1.54, 1.807) is 0 Å². The van der Waals surface area contributed by atoms with E-state index in [0.717, 1.165) is 30.2 Å². The van der Waals surface area contributed by atoms with E-state index in [-0.39, 0.29) is 12.1 Å². The summed E-state index contributed by atoms with van der Waals surface area (Å²) in [4.78, 5) is 9.15. The van der Waals surface area contributed by atoms with Crippen molar-refractivity contribution in [3.8, 4) is 5.69 Å². The van der Waals surface area contributed by atoms with Gasteiger partial charge in [0, 0.05) is 49.6 Å². The van der Waals surface area contributed by atoms with Gasteiger partial charge in [0.1, 0.15) is 0 Å². The molecule has 1 aliphatic heterocycles. The minimum absolute atomic E-state index is 0.0330. The number of aromatic nitrogens is 2. The molecule has 2 aromatic heterocycles. The van der Waals surface area contributed by atoms with Crippen LogP contribution in [0.3, 0.4) is 0 Å². The smallest absolute Gasteiger partial charge is 0.170 e. The molecule has 1 saturated heterocycles. The lowest BCUT2D eigenvalue weighted by Gasteiger charge is -2.28. The Hall–Kier alpha value is -2.86. The van der Waals surface area contributed by atoms with Crippen LogP contribution < -0.4 is 10.2 Å². The van der Waals surface area contributed by atoms with E-state index in [1.165, 1.54) is 28.3 Å². The van der Waals surface area contributed by atoms with Gasteiger partial charge in [0.2, 0.25) is 0 Å². The molecule has 0 amide bonds. The zero-order valence-electron chi connectivity index (χ0n) is 19.7. The first-order valence-electron chi connectivity index (χ1n) is 11.4. The van der Waals surface area contributed by atoms with Crippen LogP contribution in [0.4, 0.5) is 5.69 Å². The molecule has 0 bridgehead atoms. The molecule has 0 aliphatic carbocycles. The number of benzene rings is 1. The van der Waals surface area contributed by atoms with Crippen molar-refractivity contribution in [2.45, 2.75) is 45.7 Å². The van der Waals surface area contributed by atoms with E-state index in [9.17, 15) is 0 Å². The maximum Gasteiger partial charge on any atom is 0.170 e. The number of nitrogens with one attached hydrogen (secondary N) is 1. The highest BCUT2D eigenvalue weighted by molar-refractivity contribution is 7.80. The van der Waals surface area contributed by atoms with Crippen molar-refractivity contribution in [2.75, 3.05) is 25.5 Å². The quantitative estimate of drug-likeness (QED) is 0.496. The van der Waals surface area contributed by atoms with Crippen molar-refractivity contribution in [3.63, 3.8) is 0 Å². The van der Waals surface area contributed by atoms with Crippen LogP contribution in [0.5, 0.6) is 0 Å². The maximum absolute atomic E-state index is 5.80. The second kappa shape index (κ2) is 9.33. The molecule has 6 heteroatoms. The molecule has 0 spiro atoms. The first-order chi connectivity index (χ1) is 15.4. The van der Waals surface area contributed by atoms with Crippen molar-refractivity contribution < 1.29 is 0 Å². The van der Waals surface area contributed by atoms with Crippen molar-refractivity contribution in [1.82, 2.24) is 19.8 Å². The summed E-state index contributed by atoms with van der Waals surface area (Å²) in [6.07, 6.45) is 4.11. The zero-order valence-corrected chi connectivity index (χ0v) is 20.5. The van der Waals surface area contributed by atoms with Gasteiger partial charge in [0.25, 0.3) is 0 Å². The number of thiocarbonyl (C=S) groups is 1. The summed E-state index contributed by atoms with van der Waals surface area (Å²) in [5, 5.41) is 4.39. The molecular formula is C26H33N5S. The van der Waals surface area contributed by atoms with Crippen LogP contribution in [0.25, 0.3) is 5.69 Å². The average Bonchev–Trinajstić information content (AvgIpc) is 3.27. The van der Waals surface area contributed by atoms with Crippen LogP contribution in [0.2, 0.25) is 0 Å². The standard InChI is InChI=1S/C26H33N5S/c1-6-7-16-30-25(24(28-26(30)32)23-10-8-9-15-27-23)22-17-18(2)31(19(22)3)21-13-11-20(12-14-21)29(4)5/h8-15,17,24-25H,6-7,16H2,1-5H3,(H,28,32)/t24-,25-/m0/s1. The van der Waals surface area contributed by atoms with E-state index >= 15 is 0 Å². The molecule has 1 fully saturated rings. The van der Waals surface area contributed by atoms with E-state index < -0.39 is 0 Å². The van der Waals surface area contributed by atoms with Gasteiger partial charge in [0.15, 0.2) is 5.11 Å². The van der Waals surface area contributed by atoms with E-state index in [2.05, 4.69) is 102 Å². The number of unbranched alkanes of at least 4 members (excludes halogenated alkanes) is 1. The topological polar surface area (TPSA) is 36.3 Å². The van der Waals surface area contributed by atoms with E-state index in [0.29, 0.717) is 0 Å². The molecule has 3 heterocycles. The highest BCUT2D eigenvalue weighted by Gasteiger charge is 2.41. The molecule has 5 nitrogen and oxygen atoms in total. The van der Waals surface area contributed by atoms with Crippen LogP contribution >= 0.6 is 12.2 Å². The van der Waals surface area contributed by atoms with Crippen LogP contribution in [0, 0.1) is 13.8 Å². The fraction of sp³-hybridized carbons (Fsp3) is 0.385. The molecular weight excluding hydrogens is 414 g/mol. The molecule has 2 atom stereocenters. The summed E-state index contributed by atoms with van der Waals surface area (Å²) in [5.74, 6) is 0. The van der Waals surface area contributed by atoms with Gasteiger partial charge in [-0.05, 0) is 80.5 Å². The monoisotopic (exact) mass is 447 g/mol. The third-order valence-corrected chi connectivity index (χ3v) is 6.72. The normalized spacial score (nSPS) is 18.2. The predicted octanol–water partition coefficient (Wildman–Crippen LogP) is 5.33. The first-order valence-corrected chi connectivity index (χ1v) is 11.8. The number of rotatable bonds is 7. The van der Waals surface area contributed by atoms with Crippen LogP contribution in [-0.4, -0.2) is 40.2 Å². The molecule has 32 heavy (non-hydrogen) atoms. The van der Waals surface area contributed by atoms with Gasteiger partial charge in [-0.15, -0.1) is 0 Å². The molecule has 1 aliphatic rings. The average molecular weight is 448 g/mol. The van der Waals surface area contributed by atoms with Crippen molar-refractivity contribution >= 4 is 23.0 Å². The Labute approximate surface area is 197 Å². The van der Waals surface area contributed by atoms with Crippen LogP contribution in [-0.2, 0) is 0 Å².